The van der Waals surface area contributed by atoms with E-state index in [1.807, 2.05) is 0 Å². The summed E-state index contributed by atoms with van der Waals surface area (Å²) in [6.45, 7) is 3.05. The van der Waals surface area contributed by atoms with Crippen LogP contribution >= 0.6 is 0 Å². The molecule has 1 aromatic carbocycles. The van der Waals surface area contributed by atoms with E-state index >= 15 is 0 Å². The van der Waals surface area contributed by atoms with Gasteiger partial charge in [0, 0.05) is 37.8 Å². The van der Waals surface area contributed by atoms with Crippen molar-refractivity contribution < 1.29 is 18.0 Å². The molecule has 1 aliphatic heterocycles. The molecule has 1 aliphatic carbocycles. The van der Waals surface area contributed by atoms with Crippen LogP contribution in [0.5, 0.6) is 0 Å². The zero-order valence-electron chi connectivity index (χ0n) is 18.3. The number of nitrogens with one attached hydrogen (secondary N) is 3. The lowest BCUT2D eigenvalue weighted by Crippen LogP contribution is -2.43. The Hall–Kier alpha value is -2.13. The number of piperidine rings is 1. The summed E-state index contributed by atoms with van der Waals surface area (Å²) in [6.07, 6.45) is 8.41. The molecular weight excluding hydrogens is 416 g/mol. The number of sulfonamides is 1. The van der Waals surface area contributed by atoms with Gasteiger partial charge in [0.2, 0.25) is 15.9 Å². The Balaban J connectivity index is 1.50. The number of urea groups is 1. The fraction of sp³-hybridized carbons (Fsp3) is 0.636. The number of amides is 3. The van der Waals surface area contributed by atoms with Crippen LogP contribution < -0.4 is 16.0 Å². The SMILES string of the molecule is Cc1ccc(NC(=O)CCNC(=O)NC2CCCCC2)cc1S(=O)(=O)N1CCCCC1. The van der Waals surface area contributed by atoms with Gasteiger partial charge in [-0.05, 0) is 50.3 Å². The Morgan fingerprint density at radius 3 is 2.42 bits per heavy atom. The molecule has 3 rings (SSSR count). The van der Waals surface area contributed by atoms with E-state index in [1.165, 1.54) is 16.8 Å². The lowest BCUT2D eigenvalue weighted by atomic mass is 9.96. The molecule has 3 amide bonds. The molecule has 2 fully saturated rings. The summed E-state index contributed by atoms with van der Waals surface area (Å²) < 4.78 is 27.6. The van der Waals surface area contributed by atoms with Crippen LogP contribution in [0.4, 0.5) is 10.5 Å². The van der Waals surface area contributed by atoms with Gasteiger partial charge in [0.15, 0.2) is 0 Å². The van der Waals surface area contributed by atoms with E-state index in [0.717, 1.165) is 44.9 Å². The minimum Gasteiger partial charge on any atom is -0.338 e. The molecule has 1 aromatic rings. The maximum atomic E-state index is 13.0. The third-order valence-electron chi connectivity index (χ3n) is 5.98. The summed E-state index contributed by atoms with van der Waals surface area (Å²) in [5.74, 6) is -0.275. The van der Waals surface area contributed by atoms with Gasteiger partial charge in [0.1, 0.15) is 0 Å². The molecule has 0 radical (unpaired) electrons. The topological polar surface area (TPSA) is 108 Å². The number of benzene rings is 1. The highest BCUT2D eigenvalue weighted by atomic mass is 32.2. The Morgan fingerprint density at radius 1 is 1.03 bits per heavy atom. The van der Waals surface area contributed by atoms with E-state index in [9.17, 15) is 18.0 Å². The Labute approximate surface area is 185 Å². The first kappa shape index (κ1) is 23.5. The number of hydrogen-bond donors (Lipinski definition) is 3. The van der Waals surface area contributed by atoms with Gasteiger partial charge in [-0.15, -0.1) is 0 Å². The van der Waals surface area contributed by atoms with Gasteiger partial charge < -0.3 is 16.0 Å². The van der Waals surface area contributed by atoms with Crippen molar-refractivity contribution in [3.63, 3.8) is 0 Å². The molecule has 1 saturated heterocycles. The second-order valence-corrected chi connectivity index (χ2v) is 10.4. The van der Waals surface area contributed by atoms with Crippen LogP contribution in [0.1, 0.15) is 63.4 Å². The normalized spacial score (nSPS) is 18.4. The first-order valence-electron chi connectivity index (χ1n) is 11.3. The molecular formula is C22H34N4O4S. The molecule has 31 heavy (non-hydrogen) atoms. The second-order valence-electron chi connectivity index (χ2n) is 8.48. The summed E-state index contributed by atoms with van der Waals surface area (Å²) in [5, 5.41) is 8.42. The highest BCUT2D eigenvalue weighted by Crippen LogP contribution is 2.26. The Morgan fingerprint density at radius 2 is 1.71 bits per heavy atom. The molecule has 0 atom stereocenters. The van der Waals surface area contributed by atoms with Crippen LogP contribution in [0.15, 0.2) is 23.1 Å². The van der Waals surface area contributed by atoms with Crippen LogP contribution in [-0.2, 0) is 14.8 Å². The molecule has 9 heteroatoms. The predicted molar refractivity (Wildman–Crippen MR) is 120 cm³/mol. The van der Waals surface area contributed by atoms with Gasteiger partial charge in [-0.3, -0.25) is 4.79 Å². The van der Waals surface area contributed by atoms with Gasteiger partial charge in [-0.2, -0.15) is 4.31 Å². The monoisotopic (exact) mass is 450 g/mol. The number of hydrogen-bond acceptors (Lipinski definition) is 4. The van der Waals surface area contributed by atoms with Crippen molar-refractivity contribution in [3.05, 3.63) is 23.8 Å². The summed E-state index contributed by atoms with van der Waals surface area (Å²) in [6, 6.07) is 4.91. The van der Waals surface area contributed by atoms with Gasteiger partial charge in [0.25, 0.3) is 0 Å². The fourth-order valence-electron chi connectivity index (χ4n) is 4.20. The van der Waals surface area contributed by atoms with Gasteiger partial charge >= 0.3 is 6.03 Å². The standard InChI is InChI=1S/C22H34N4O4S/c1-17-10-11-19(16-20(17)31(29,30)26-14-6-3-7-15-26)24-21(27)12-13-23-22(28)25-18-8-4-2-5-9-18/h10-11,16,18H,2-9,12-15H2,1H3,(H,24,27)(H2,23,25,28). The zero-order valence-corrected chi connectivity index (χ0v) is 19.1. The molecule has 1 saturated carbocycles. The van der Waals surface area contributed by atoms with Crippen molar-refractivity contribution in [1.29, 1.82) is 0 Å². The number of aryl methyl sites for hydroxylation is 1. The van der Waals surface area contributed by atoms with E-state index in [2.05, 4.69) is 16.0 Å². The second kappa shape index (κ2) is 10.9. The molecule has 0 unspecified atom stereocenters. The summed E-state index contributed by atoms with van der Waals surface area (Å²) in [7, 11) is -3.58. The van der Waals surface area contributed by atoms with E-state index in [0.29, 0.717) is 24.3 Å². The van der Waals surface area contributed by atoms with E-state index in [4.69, 9.17) is 0 Å². The average Bonchev–Trinajstić information content (AvgIpc) is 2.76. The molecule has 8 nitrogen and oxygen atoms in total. The van der Waals surface area contributed by atoms with Crippen molar-refractivity contribution in [2.24, 2.45) is 0 Å². The zero-order chi connectivity index (χ0) is 22.3. The molecule has 172 valence electrons. The van der Waals surface area contributed by atoms with Gasteiger partial charge in [-0.25, -0.2) is 13.2 Å². The molecule has 2 aliphatic rings. The third kappa shape index (κ3) is 6.67. The lowest BCUT2D eigenvalue weighted by Gasteiger charge is -2.26. The lowest BCUT2D eigenvalue weighted by molar-refractivity contribution is -0.116. The summed E-state index contributed by atoms with van der Waals surface area (Å²) in [4.78, 5) is 24.5. The Bertz CT molecular complexity index is 875. The van der Waals surface area contributed by atoms with E-state index < -0.39 is 10.0 Å². The number of carbonyl (C=O) groups is 2. The van der Waals surface area contributed by atoms with Crippen molar-refractivity contribution in [2.45, 2.75) is 75.6 Å². The number of rotatable bonds is 7. The van der Waals surface area contributed by atoms with Crippen molar-refractivity contribution >= 4 is 27.6 Å². The van der Waals surface area contributed by atoms with Crippen LogP contribution in [0.2, 0.25) is 0 Å². The molecule has 0 aromatic heterocycles. The maximum Gasteiger partial charge on any atom is 0.315 e. The van der Waals surface area contributed by atoms with Crippen molar-refractivity contribution in [2.75, 3.05) is 25.0 Å². The van der Waals surface area contributed by atoms with Crippen LogP contribution in [-0.4, -0.2) is 50.3 Å². The number of nitrogens with zero attached hydrogens (tertiary/aromatic N) is 1. The molecule has 0 spiro atoms. The maximum absolute atomic E-state index is 13.0. The average molecular weight is 451 g/mol. The molecule has 3 N–H and O–H groups in total. The largest absolute Gasteiger partial charge is 0.338 e. The molecule has 1 heterocycles. The van der Waals surface area contributed by atoms with E-state index in [-0.39, 0.29) is 35.8 Å². The summed E-state index contributed by atoms with van der Waals surface area (Å²) >= 11 is 0. The predicted octanol–water partition coefficient (Wildman–Crippen LogP) is 3.13. The highest BCUT2D eigenvalue weighted by molar-refractivity contribution is 7.89. The van der Waals surface area contributed by atoms with Crippen LogP contribution in [0.25, 0.3) is 0 Å². The van der Waals surface area contributed by atoms with Crippen LogP contribution in [0.3, 0.4) is 0 Å². The number of carbonyl (C=O) groups excluding carboxylic acids is 2. The van der Waals surface area contributed by atoms with E-state index in [1.54, 1.807) is 19.1 Å². The fourth-order valence-corrected chi connectivity index (χ4v) is 5.96. The first-order valence-corrected chi connectivity index (χ1v) is 12.8. The third-order valence-corrected chi connectivity index (χ3v) is 8.02. The van der Waals surface area contributed by atoms with Crippen LogP contribution in [0, 0.1) is 6.92 Å². The van der Waals surface area contributed by atoms with Crippen molar-refractivity contribution in [1.82, 2.24) is 14.9 Å². The summed E-state index contributed by atoms with van der Waals surface area (Å²) in [5.41, 5.74) is 1.10. The minimum atomic E-state index is -3.58. The smallest absolute Gasteiger partial charge is 0.315 e. The van der Waals surface area contributed by atoms with Gasteiger partial charge in [0.05, 0.1) is 4.90 Å². The first-order chi connectivity index (χ1) is 14.9. The van der Waals surface area contributed by atoms with Gasteiger partial charge in [-0.1, -0.05) is 31.7 Å². The highest BCUT2D eigenvalue weighted by Gasteiger charge is 2.27. The quantitative estimate of drug-likeness (QED) is 0.593. The van der Waals surface area contributed by atoms with Crippen molar-refractivity contribution in [3.8, 4) is 0 Å². The molecule has 0 bridgehead atoms. The minimum absolute atomic E-state index is 0.111. The number of anilines is 1. The Kier molecular flexibility index (Phi) is 8.31.